The van der Waals surface area contributed by atoms with Crippen molar-refractivity contribution >= 4 is 0 Å². The first-order valence-electron chi connectivity index (χ1n) is 8.53. The van der Waals surface area contributed by atoms with E-state index in [0.29, 0.717) is 5.92 Å². The molecule has 3 fully saturated rings. The van der Waals surface area contributed by atoms with Gasteiger partial charge in [-0.3, -0.25) is 0 Å². The number of aliphatic hydroxyl groups is 1. The number of hydrogen-bond donors (Lipinski definition) is 1. The monoisotopic (exact) mass is 284 g/mol. The standard InChI is InChI=1S/C19H24O2/c1-19(2)9-13-8-12(5-6-14(13)21-19)18(20)17-15-10-3-4-11(7-10)16(15)17/h5-6,8,10-11,15-18,20H,3-4,7,9H2,1-2H3. The fourth-order valence-electron chi connectivity index (χ4n) is 5.85. The molecule has 3 saturated carbocycles. The molecule has 0 saturated heterocycles. The predicted molar refractivity (Wildman–Crippen MR) is 81.1 cm³/mol. The maximum Gasteiger partial charge on any atom is 0.123 e. The summed E-state index contributed by atoms with van der Waals surface area (Å²) in [6, 6.07) is 6.35. The minimum absolute atomic E-state index is 0.0961. The van der Waals surface area contributed by atoms with E-state index in [1.165, 1.54) is 24.8 Å². The number of ether oxygens (including phenoxy) is 1. The minimum Gasteiger partial charge on any atom is -0.487 e. The van der Waals surface area contributed by atoms with Gasteiger partial charge < -0.3 is 9.84 Å². The summed E-state index contributed by atoms with van der Waals surface area (Å²) in [6.07, 6.45) is 4.98. The Morgan fingerprint density at radius 2 is 1.90 bits per heavy atom. The zero-order valence-corrected chi connectivity index (χ0v) is 12.9. The molecule has 1 N–H and O–H groups in total. The quantitative estimate of drug-likeness (QED) is 0.896. The lowest BCUT2D eigenvalue weighted by Crippen LogP contribution is -2.24. The van der Waals surface area contributed by atoms with Crippen molar-refractivity contribution < 1.29 is 9.84 Å². The van der Waals surface area contributed by atoms with Crippen LogP contribution in [0.25, 0.3) is 0 Å². The molecule has 1 heterocycles. The molecule has 5 atom stereocenters. The van der Waals surface area contributed by atoms with E-state index >= 15 is 0 Å². The van der Waals surface area contributed by atoms with E-state index in [-0.39, 0.29) is 11.7 Å². The largest absolute Gasteiger partial charge is 0.487 e. The number of rotatable bonds is 2. The highest BCUT2D eigenvalue weighted by Gasteiger charge is 2.66. The molecule has 112 valence electrons. The first kappa shape index (κ1) is 12.5. The summed E-state index contributed by atoms with van der Waals surface area (Å²) in [7, 11) is 0. The van der Waals surface area contributed by atoms with E-state index < -0.39 is 0 Å². The molecule has 2 heteroatoms. The second-order valence-corrected chi connectivity index (χ2v) is 8.42. The molecule has 5 rings (SSSR count). The third-order valence-corrected chi connectivity index (χ3v) is 6.59. The van der Waals surface area contributed by atoms with E-state index in [0.717, 1.165) is 41.4 Å². The molecule has 1 aromatic rings. The normalized spacial score (nSPS) is 42.3. The number of aliphatic hydroxyl groups excluding tert-OH is 1. The van der Waals surface area contributed by atoms with Crippen LogP contribution >= 0.6 is 0 Å². The van der Waals surface area contributed by atoms with E-state index in [4.69, 9.17) is 4.74 Å². The summed E-state index contributed by atoms with van der Waals surface area (Å²) in [5, 5.41) is 10.8. The smallest absolute Gasteiger partial charge is 0.123 e. The SMILES string of the molecule is CC1(C)Cc2cc(C(O)C3C4C5CCC(C5)C43)ccc2O1. The highest BCUT2D eigenvalue weighted by Crippen LogP contribution is 2.72. The summed E-state index contributed by atoms with van der Waals surface area (Å²) < 4.78 is 5.94. The van der Waals surface area contributed by atoms with Crippen LogP contribution < -0.4 is 4.74 Å². The average molecular weight is 284 g/mol. The van der Waals surface area contributed by atoms with Gasteiger partial charge in [-0.15, -0.1) is 0 Å². The van der Waals surface area contributed by atoms with Crippen LogP contribution in [0.3, 0.4) is 0 Å². The predicted octanol–water partition coefficient (Wildman–Crippen LogP) is 3.73. The Hall–Kier alpha value is -1.02. The Labute approximate surface area is 126 Å². The molecular weight excluding hydrogens is 260 g/mol. The van der Waals surface area contributed by atoms with Gasteiger partial charge in [0.1, 0.15) is 11.4 Å². The maximum absolute atomic E-state index is 10.8. The lowest BCUT2D eigenvalue weighted by Gasteiger charge is -2.17. The second kappa shape index (κ2) is 3.84. The van der Waals surface area contributed by atoms with Gasteiger partial charge in [0.2, 0.25) is 0 Å². The van der Waals surface area contributed by atoms with E-state index in [9.17, 15) is 5.11 Å². The van der Waals surface area contributed by atoms with Crippen molar-refractivity contribution in [2.45, 2.75) is 51.2 Å². The van der Waals surface area contributed by atoms with E-state index in [1.807, 2.05) is 0 Å². The van der Waals surface area contributed by atoms with Gasteiger partial charge in [-0.2, -0.15) is 0 Å². The average Bonchev–Trinajstić information content (AvgIpc) is 2.75. The van der Waals surface area contributed by atoms with E-state index in [2.05, 4.69) is 32.0 Å². The van der Waals surface area contributed by atoms with Crippen molar-refractivity contribution in [2.75, 3.05) is 0 Å². The topological polar surface area (TPSA) is 29.5 Å². The second-order valence-electron chi connectivity index (χ2n) is 8.42. The van der Waals surface area contributed by atoms with Crippen molar-refractivity contribution in [3.63, 3.8) is 0 Å². The zero-order chi connectivity index (χ0) is 14.4. The Kier molecular flexibility index (Phi) is 2.29. The number of benzene rings is 1. The highest BCUT2D eigenvalue weighted by atomic mass is 16.5. The van der Waals surface area contributed by atoms with Crippen LogP contribution in [0.2, 0.25) is 0 Å². The van der Waals surface area contributed by atoms with Crippen molar-refractivity contribution in [3.05, 3.63) is 29.3 Å². The molecule has 0 radical (unpaired) electrons. The van der Waals surface area contributed by atoms with Crippen LogP contribution in [0.4, 0.5) is 0 Å². The van der Waals surface area contributed by atoms with Crippen LogP contribution in [-0.4, -0.2) is 10.7 Å². The molecule has 5 unspecified atom stereocenters. The molecule has 3 aliphatic carbocycles. The third kappa shape index (κ3) is 1.69. The Morgan fingerprint density at radius 1 is 1.19 bits per heavy atom. The molecule has 21 heavy (non-hydrogen) atoms. The van der Waals surface area contributed by atoms with Crippen molar-refractivity contribution in [1.29, 1.82) is 0 Å². The summed E-state index contributed by atoms with van der Waals surface area (Å²) in [5.41, 5.74) is 2.29. The fraction of sp³-hybridized carbons (Fsp3) is 0.684. The van der Waals surface area contributed by atoms with Crippen LogP contribution in [0.15, 0.2) is 18.2 Å². The fourth-order valence-corrected chi connectivity index (χ4v) is 5.85. The van der Waals surface area contributed by atoms with Crippen molar-refractivity contribution in [3.8, 4) is 5.75 Å². The van der Waals surface area contributed by atoms with Gasteiger partial charge in [0.25, 0.3) is 0 Å². The Morgan fingerprint density at radius 3 is 2.62 bits per heavy atom. The third-order valence-electron chi connectivity index (χ3n) is 6.59. The minimum atomic E-state index is -0.252. The summed E-state index contributed by atoms with van der Waals surface area (Å²) in [5.74, 6) is 5.07. The van der Waals surface area contributed by atoms with Gasteiger partial charge in [-0.1, -0.05) is 6.07 Å². The molecule has 0 spiro atoms. The van der Waals surface area contributed by atoms with Gasteiger partial charge >= 0.3 is 0 Å². The molecule has 4 aliphatic rings. The Balaban J connectivity index is 1.40. The van der Waals surface area contributed by atoms with Crippen LogP contribution in [0.1, 0.15) is 50.3 Å². The van der Waals surface area contributed by atoms with Crippen LogP contribution in [0, 0.1) is 29.6 Å². The molecule has 1 aliphatic heterocycles. The number of fused-ring (bicyclic) bond motifs is 6. The summed E-state index contributed by atoms with van der Waals surface area (Å²) in [6.45, 7) is 4.26. The molecule has 0 aromatic heterocycles. The van der Waals surface area contributed by atoms with Gasteiger partial charge in [0.15, 0.2) is 0 Å². The van der Waals surface area contributed by atoms with Crippen molar-refractivity contribution in [1.82, 2.24) is 0 Å². The lowest BCUT2D eigenvalue weighted by molar-refractivity contribution is 0.130. The van der Waals surface area contributed by atoms with E-state index in [1.54, 1.807) is 0 Å². The molecule has 2 bridgehead atoms. The first-order valence-corrected chi connectivity index (χ1v) is 8.53. The van der Waals surface area contributed by atoms with Gasteiger partial charge in [-0.25, -0.2) is 0 Å². The summed E-state index contributed by atoms with van der Waals surface area (Å²) in [4.78, 5) is 0. The first-order chi connectivity index (χ1) is 10.0. The van der Waals surface area contributed by atoms with Gasteiger partial charge in [0, 0.05) is 6.42 Å². The molecule has 2 nitrogen and oxygen atoms in total. The Bertz CT molecular complexity index is 590. The number of hydrogen-bond acceptors (Lipinski definition) is 2. The van der Waals surface area contributed by atoms with Gasteiger partial charge in [-0.05, 0) is 86.0 Å². The molecular formula is C19H24O2. The maximum atomic E-state index is 10.8. The highest BCUT2D eigenvalue weighted by molar-refractivity contribution is 5.43. The summed E-state index contributed by atoms with van der Waals surface area (Å²) >= 11 is 0. The van der Waals surface area contributed by atoms with Crippen molar-refractivity contribution in [2.24, 2.45) is 29.6 Å². The zero-order valence-electron chi connectivity index (χ0n) is 12.9. The van der Waals surface area contributed by atoms with Gasteiger partial charge in [0.05, 0.1) is 6.10 Å². The lowest BCUT2D eigenvalue weighted by atomic mass is 9.93. The van der Waals surface area contributed by atoms with Crippen LogP contribution in [-0.2, 0) is 6.42 Å². The molecule has 0 amide bonds. The van der Waals surface area contributed by atoms with Crippen LogP contribution in [0.5, 0.6) is 5.75 Å². The molecule has 1 aromatic carbocycles.